The van der Waals surface area contributed by atoms with E-state index in [0.29, 0.717) is 5.56 Å². The number of para-hydroxylation sites is 1. The van der Waals surface area contributed by atoms with Gasteiger partial charge in [0.2, 0.25) is 0 Å². The van der Waals surface area contributed by atoms with E-state index in [-0.39, 0.29) is 5.84 Å². The number of nitrogens with one attached hydrogen (secondary N) is 1. The van der Waals surface area contributed by atoms with Crippen LogP contribution in [-0.4, -0.2) is 36.4 Å². The molecule has 0 aliphatic heterocycles. The largest absolute Gasteiger partial charge is 0.384 e. The quantitative estimate of drug-likeness (QED) is 0.648. The Balaban J connectivity index is 2.58. The highest BCUT2D eigenvalue weighted by molar-refractivity contribution is 7.98. The fourth-order valence-corrected chi connectivity index (χ4v) is 2.53. The molecule has 5 heteroatoms. The second-order valence-corrected chi connectivity index (χ2v) is 5.35. The average molecular weight is 274 g/mol. The molecule has 100 valence electrons. The summed E-state index contributed by atoms with van der Waals surface area (Å²) in [6, 6.07) is 7.96. The number of rotatable bonds is 5. The summed E-state index contributed by atoms with van der Waals surface area (Å²) in [5.41, 5.74) is 8.30. The lowest BCUT2D eigenvalue weighted by Gasteiger charge is -2.23. The number of pyridine rings is 1. The molecule has 0 radical (unpaired) electrons. The molecule has 0 saturated carbocycles. The molecular formula is C14H18N4S. The third-order valence-electron chi connectivity index (χ3n) is 3.05. The summed E-state index contributed by atoms with van der Waals surface area (Å²) < 4.78 is 0. The summed E-state index contributed by atoms with van der Waals surface area (Å²) >= 11 is 1.80. The van der Waals surface area contributed by atoms with E-state index in [1.165, 1.54) is 0 Å². The number of nitrogens with zero attached hydrogens (tertiary/aromatic N) is 2. The first-order chi connectivity index (χ1) is 9.15. The Labute approximate surface area is 117 Å². The fraction of sp³-hybridized carbons (Fsp3) is 0.286. The van der Waals surface area contributed by atoms with Crippen molar-refractivity contribution in [2.45, 2.75) is 0 Å². The van der Waals surface area contributed by atoms with Crippen molar-refractivity contribution in [1.82, 2.24) is 4.98 Å². The third kappa shape index (κ3) is 2.81. The van der Waals surface area contributed by atoms with Crippen molar-refractivity contribution in [3.63, 3.8) is 0 Å². The van der Waals surface area contributed by atoms with Crippen LogP contribution in [0.25, 0.3) is 10.9 Å². The summed E-state index contributed by atoms with van der Waals surface area (Å²) in [4.78, 5) is 6.52. The maximum atomic E-state index is 7.73. The predicted octanol–water partition coefficient (Wildman–Crippen LogP) is 2.32. The van der Waals surface area contributed by atoms with Crippen molar-refractivity contribution in [3.05, 3.63) is 36.0 Å². The molecule has 0 atom stereocenters. The Hall–Kier alpha value is -1.75. The average Bonchev–Trinajstić information content (AvgIpc) is 2.43. The number of hydrogen-bond acceptors (Lipinski definition) is 4. The van der Waals surface area contributed by atoms with Crippen molar-refractivity contribution < 1.29 is 0 Å². The summed E-state index contributed by atoms with van der Waals surface area (Å²) in [7, 11) is 2.03. The minimum atomic E-state index is 0.0595. The molecule has 3 N–H and O–H groups in total. The van der Waals surface area contributed by atoms with E-state index in [1.54, 1.807) is 18.0 Å². The third-order valence-corrected chi connectivity index (χ3v) is 3.64. The molecular weight excluding hydrogens is 256 g/mol. The number of thioether (sulfide) groups is 1. The van der Waals surface area contributed by atoms with Crippen LogP contribution in [0.3, 0.4) is 0 Å². The van der Waals surface area contributed by atoms with Crippen LogP contribution in [0, 0.1) is 5.41 Å². The highest BCUT2D eigenvalue weighted by atomic mass is 32.2. The first kappa shape index (κ1) is 13.7. The predicted molar refractivity (Wildman–Crippen MR) is 84.4 cm³/mol. The SMILES string of the molecule is CSCCN(C)c1c(C(=N)N)cnc2ccccc12. The number of nitrogens with two attached hydrogens (primary N) is 1. The number of aromatic nitrogens is 1. The molecule has 0 saturated heterocycles. The Kier molecular flexibility index (Phi) is 4.27. The molecule has 1 heterocycles. The fourth-order valence-electron chi connectivity index (χ4n) is 2.08. The van der Waals surface area contributed by atoms with Crippen LogP contribution in [0.5, 0.6) is 0 Å². The molecule has 0 aliphatic carbocycles. The van der Waals surface area contributed by atoms with Gasteiger partial charge in [-0.3, -0.25) is 10.4 Å². The number of fused-ring (bicyclic) bond motifs is 1. The number of nitrogen functional groups attached to an aromatic ring is 1. The summed E-state index contributed by atoms with van der Waals surface area (Å²) in [6.07, 6.45) is 3.78. The number of hydrogen-bond donors (Lipinski definition) is 2. The van der Waals surface area contributed by atoms with Crippen LogP contribution in [0.2, 0.25) is 0 Å². The maximum Gasteiger partial charge on any atom is 0.126 e. The maximum absolute atomic E-state index is 7.73. The molecule has 0 unspecified atom stereocenters. The summed E-state index contributed by atoms with van der Waals surface area (Å²) in [5.74, 6) is 1.09. The molecule has 0 fully saturated rings. The molecule has 4 nitrogen and oxygen atoms in total. The number of anilines is 1. The lowest BCUT2D eigenvalue weighted by molar-refractivity contribution is 0.979. The van der Waals surface area contributed by atoms with Crippen LogP contribution in [0.1, 0.15) is 5.56 Å². The van der Waals surface area contributed by atoms with Gasteiger partial charge in [0, 0.05) is 30.9 Å². The van der Waals surface area contributed by atoms with Crippen molar-refractivity contribution in [2.24, 2.45) is 5.73 Å². The highest BCUT2D eigenvalue weighted by Gasteiger charge is 2.14. The lowest BCUT2D eigenvalue weighted by Crippen LogP contribution is -2.25. The van der Waals surface area contributed by atoms with Gasteiger partial charge in [-0.25, -0.2) is 0 Å². The smallest absolute Gasteiger partial charge is 0.126 e. The van der Waals surface area contributed by atoms with E-state index in [4.69, 9.17) is 11.1 Å². The zero-order valence-corrected chi connectivity index (χ0v) is 12.0. The topological polar surface area (TPSA) is 66.0 Å². The monoisotopic (exact) mass is 274 g/mol. The zero-order valence-electron chi connectivity index (χ0n) is 11.2. The zero-order chi connectivity index (χ0) is 13.8. The van der Waals surface area contributed by atoms with Gasteiger partial charge in [0.05, 0.1) is 16.8 Å². The Morgan fingerprint density at radius 1 is 1.42 bits per heavy atom. The van der Waals surface area contributed by atoms with E-state index in [9.17, 15) is 0 Å². The van der Waals surface area contributed by atoms with Gasteiger partial charge in [-0.2, -0.15) is 11.8 Å². The van der Waals surface area contributed by atoms with Crippen LogP contribution in [-0.2, 0) is 0 Å². The van der Waals surface area contributed by atoms with Crippen molar-refractivity contribution in [1.29, 1.82) is 5.41 Å². The Bertz CT molecular complexity index is 597. The van der Waals surface area contributed by atoms with Gasteiger partial charge < -0.3 is 10.6 Å². The minimum absolute atomic E-state index is 0.0595. The van der Waals surface area contributed by atoms with Crippen molar-refractivity contribution >= 4 is 34.2 Å². The number of amidine groups is 1. The number of benzene rings is 1. The van der Waals surface area contributed by atoms with Gasteiger partial charge in [0.15, 0.2) is 0 Å². The van der Waals surface area contributed by atoms with E-state index in [2.05, 4.69) is 16.1 Å². The first-order valence-corrected chi connectivity index (χ1v) is 7.46. The van der Waals surface area contributed by atoms with Crippen molar-refractivity contribution in [2.75, 3.05) is 30.5 Å². The van der Waals surface area contributed by atoms with E-state index in [1.807, 2.05) is 31.3 Å². The van der Waals surface area contributed by atoms with E-state index < -0.39 is 0 Å². The standard InChI is InChI=1S/C14H18N4S/c1-18(7-8-19-2)13-10-5-3-4-6-12(10)17-9-11(13)14(15)16/h3-6,9H,7-8H2,1-2H3,(H3,15,16). The van der Waals surface area contributed by atoms with Gasteiger partial charge in [-0.15, -0.1) is 0 Å². The van der Waals surface area contributed by atoms with Gasteiger partial charge in [-0.05, 0) is 12.3 Å². The second kappa shape index (κ2) is 5.93. The first-order valence-electron chi connectivity index (χ1n) is 6.07. The molecule has 0 aliphatic rings. The van der Waals surface area contributed by atoms with E-state index >= 15 is 0 Å². The van der Waals surface area contributed by atoms with Gasteiger partial charge >= 0.3 is 0 Å². The molecule has 1 aromatic heterocycles. The van der Waals surface area contributed by atoms with Crippen LogP contribution in [0.15, 0.2) is 30.5 Å². The van der Waals surface area contributed by atoms with Crippen LogP contribution in [0.4, 0.5) is 5.69 Å². The van der Waals surface area contributed by atoms with Gasteiger partial charge in [-0.1, -0.05) is 18.2 Å². The molecule has 2 aromatic rings. The molecule has 19 heavy (non-hydrogen) atoms. The molecule has 1 aromatic carbocycles. The van der Waals surface area contributed by atoms with Gasteiger partial charge in [0.25, 0.3) is 0 Å². The lowest BCUT2D eigenvalue weighted by atomic mass is 10.1. The normalized spacial score (nSPS) is 10.6. The molecule has 0 amide bonds. The van der Waals surface area contributed by atoms with Gasteiger partial charge in [0.1, 0.15) is 5.84 Å². The Morgan fingerprint density at radius 2 is 2.16 bits per heavy atom. The van der Waals surface area contributed by atoms with Crippen LogP contribution < -0.4 is 10.6 Å². The second-order valence-electron chi connectivity index (χ2n) is 4.37. The van der Waals surface area contributed by atoms with Crippen molar-refractivity contribution in [3.8, 4) is 0 Å². The Morgan fingerprint density at radius 3 is 2.84 bits per heavy atom. The van der Waals surface area contributed by atoms with Crippen LogP contribution >= 0.6 is 11.8 Å². The highest BCUT2D eigenvalue weighted by Crippen LogP contribution is 2.28. The molecule has 0 spiro atoms. The minimum Gasteiger partial charge on any atom is -0.384 e. The summed E-state index contributed by atoms with van der Waals surface area (Å²) in [5, 5.41) is 8.77. The molecule has 2 rings (SSSR count). The molecule has 0 bridgehead atoms. The summed E-state index contributed by atoms with van der Waals surface area (Å²) in [6.45, 7) is 0.912. The van der Waals surface area contributed by atoms with E-state index in [0.717, 1.165) is 28.9 Å².